The molecule has 2 aromatic carbocycles. The van der Waals surface area contributed by atoms with Gasteiger partial charge in [0, 0.05) is 44.7 Å². The summed E-state index contributed by atoms with van der Waals surface area (Å²) in [4.78, 5) is 96.6. The van der Waals surface area contributed by atoms with Gasteiger partial charge in [-0.3, -0.25) is 28.8 Å². The molecule has 0 saturated carbocycles. The number of methoxy groups -OCH3 is 2. The normalized spacial score (nSPS) is 16.7. The molecule has 17 nitrogen and oxygen atoms in total. The molecule has 69 heavy (non-hydrogen) atoms. The first-order chi connectivity index (χ1) is 33.1. The van der Waals surface area contributed by atoms with E-state index in [2.05, 4.69) is 28.2 Å². The molecule has 17 heteroatoms. The molecule has 384 valence electrons. The number of unbranched alkanes of at least 4 members (excludes halogenated alkanes) is 13. The zero-order valence-corrected chi connectivity index (χ0v) is 42.4. The minimum Gasteiger partial charge on any atom is -0.496 e. The fourth-order valence-electron chi connectivity index (χ4n) is 8.25. The van der Waals surface area contributed by atoms with Crippen molar-refractivity contribution in [2.24, 2.45) is 0 Å². The molecule has 0 aromatic heterocycles. The van der Waals surface area contributed by atoms with Crippen LogP contribution in [0.2, 0.25) is 0 Å². The van der Waals surface area contributed by atoms with Crippen molar-refractivity contribution in [2.45, 2.75) is 167 Å². The van der Waals surface area contributed by atoms with E-state index in [1.165, 1.54) is 97.8 Å². The summed E-state index contributed by atoms with van der Waals surface area (Å²) < 4.78 is 17.1. The number of hydrogen-bond acceptors (Lipinski definition) is 10. The largest absolute Gasteiger partial charge is 0.496 e. The molecule has 5 atom stereocenters. The number of benzene rings is 2. The lowest BCUT2D eigenvalue weighted by molar-refractivity contribution is -0.143. The molecule has 0 unspecified atom stereocenters. The number of aliphatic carboxylic acids is 1. The molecule has 4 bridgehead atoms. The third kappa shape index (κ3) is 18.6. The van der Waals surface area contributed by atoms with Crippen molar-refractivity contribution in [3.63, 3.8) is 0 Å². The van der Waals surface area contributed by atoms with E-state index in [1.807, 2.05) is 6.92 Å². The van der Waals surface area contributed by atoms with Gasteiger partial charge in [0.25, 0.3) is 0 Å². The smallest absolute Gasteiger partial charge is 0.326 e. The maximum Gasteiger partial charge on any atom is 0.326 e. The highest BCUT2D eigenvalue weighted by atomic mass is 16.5. The molecule has 1 aliphatic rings. The minimum atomic E-state index is -1.36. The van der Waals surface area contributed by atoms with Gasteiger partial charge in [-0.15, -0.1) is 0 Å². The maximum atomic E-state index is 14.1. The quantitative estimate of drug-likeness (QED) is 0.0574. The molecule has 0 saturated heterocycles. The van der Waals surface area contributed by atoms with Gasteiger partial charge < -0.3 is 50.4 Å². The van der Waals surface area contributed by atoms with Gasteiger partial charge in [0.05, 0.1) is 27.4 Å². The number of carbonyl (C=O) groups excluding carboxylic acids is 6. The van der Waals surface area contributed by atoms with Crippen LogP contribution in [0.5, 0.6) is 11.5 Å². The van der Waals surface area contributed by atoms with E-state index >= 15 is 0 Å². The molecule has 1 heterocycles. The average Bonchev–Trinajstić information content (AvgIpc) is 3.33. The number of nitrogens with zero attached hydrogens (tertiary/aromatic N) is 2. The molecule has 0 aliphatic carbocycles. The number of ether oxygens (including phenoxy) is 3. The van der Waals surface area contributed by atoms with Crippen LogP contribution in [0.1, 0.15) is 148 Å². The summed E-state index contributed by atoms with van der Waals surface area (Å²) in [7, 11) is 5.88. The number of rotatable bonds is 29. The van der Waals surface area contributed by atoms with Gasteiger partial charge in [0.1, 0.15) is 41.7 Å². The number of carboxylic acid groups (broad SMARTS) is 1. The van der Waals surface area contributed by atoms with Crippen molar-refractivity contribution in [2.75, 3.05) is 48.1 Å². The predicted octanol–water partition coefficient (Wildman–Crippen LogP) is 6.25. The first kappa shape index (κ1) is 57.6. The fourth-order valence-corrected chi connectivity index (χ4v) is 8.25. The third-order valence-electron chi connectivity index (χ3n) is 12.7. The SMILES string of the molecule is CCCCCCCCCCCCCCCC(=O)N(C)[C@H](COCCCC)C(=O)N[C@H](C)C(=O)NCC(=O)N(C)[C@@H]1C(=O)N[C@@H](C)C(=O)N[C@H](C(=O)O)Cc2ccc(OC)c(c2)-c2cc1ccc2OC. The van der Waals surface area contributed by atoms with Crippen molar-refractivity contribution in [3.8, 4) is 22.6 Å². The van der Waals surface area contributed by atoms with Crippen molar-refractivity contribution in [1.82, 2.24) is 31.1 Å². The standard InChI is InChI=1S/C52H80N6O11/c1-9-11-13-14-15-16-17-18-19-20-21-22-23-24-45(59)57(5)42(34-69-29-12-10-2)50(63)54-35(3)48(61)53-33-46(60)58(6)47-38-26-28-44(68-8)40(32-38)39-30-37(25-27-43(39)67-7)31-41(52(65)66)56-49(62)36(4)55-51(47)64/h25-28,30,32,35-36,41-42,47H,9-24,29,31,33-34H2,1-8H3,(H,53,61)(H,54,63)(H,55,64)(H,56,62)(H,65,66)/t35-,36+,41+,42-,47+/m1/s1. The number of nitrogens with one attached hydrogen (secondary N) is 4. The highest BCUT2D eigenvalue weighted by Crippen LogP contribution is 2.39. The summed E-state index contributed by atoms with van der Waals surface area (Å²) in [6, 6.07) is 3.92. The van der Waals surface area contributed by atoms with Crippen molar-refractivity contribution in [1.29, 1.82) is 0 Å². The summed E-state index contributed by atoms with van der Waals surface area (Å²) in [5.41, 5.74) is 1.88. The van der Waals surface area contributed by atoms with Crippen molar-refractivity contribution < 1.29 is 52.9 Å². The van der Waals surface area contributed by atoms with E-state index in [-0.39, 0.29) is 25.4 Å². The molecule has 2 aromatic rings. The van der Waals surface area contributed by atoms with Crippen LogP contribution < -0.4 is 30.7 Å². The van der Waals surface area contributed by atoms with E-state index in [0.717, 1.165) is 37.0 Å². The molecule has 0 radical (unpaired) electrons. The summed E-state index contributed by atoms with van der Waals surface area (Å²) in [5.74, 6) is -4.14. The van der Waals surface area contributed by atoms with Crippen molar-refractivity contribution >= 4 is 41.4 Å². The second kappa shape index (κ2) is 30.7. The number of likely N-dealkylation sites (N-methyl/N-ethyl adjacent to an activating group) is 2. The molecule has 6 amide bonds. The topological polar surface area (TPSA) is 222 Å². The van der Waals surface area contributed by atoms with E-state index in [9.17, 15) is 38.7 Å². The zero-order chi connectivity index (χ0) is 50.9. The lowest BCUT2D eigenvalue weighted by atomic mass is 9.93. The zero-order valence-electron chi connectivity index (χ0n) is 42.4. The Kier molecular flexibility index (Phi) is 25.6. The first-order valence-electron chi connectivity index (χ1n) is 24.9. The van der Waals surface area contributed by atoms with Crippen LogP contribution in [-0.4, -0.2) is 129 Å². The van der Waals surface area contributed by atoms with Crippen LogP contribution in [0.4, 0.5) is 0 Å². The van der Waals surface area contributed by atoms with Gasteiger partial charge in [-0.1, -0.05) is 109 Å². The van der Waals surface area contributed by atoms with Crippen molar-refractivity contribution in [3.05, 3.63) is 47.5 Å². The van der Waals surface area contributed by atoms with E-state index in [4.69, 9.17) is 14.2 Å². The van der Waals surface area contributed by atoms with Gasteiger partial charge in [-0.05, 0) is 62.1 Å². The van der Waals surface area contributed by atoms with E-state index in [0.29, 0.717) is 46.8 Å². The Morgan fingerprint density at radius 1 is 0.739 bits per heavy atom. The predicted molar refractivity (Wildman–Crippen MR) is 265 cm³/mol. The monoisotopic (exact) mass is 965 g/mol. The molecule has 5 N–H and O–H groups in total. The number of fused-ring (bicyclic) bond motifs is 5. The van der Waals surface area contributed by atoms with Gasteiger partial charge in [-0.2, -0.15) is 0 Å². The Bertz CT molecular complexity index is 2000. The second-order valence-electron chi connectivity index (χ2n) is 18.1. The van der Waals surface area contributed by atoms with Crippen LogP contribution in [0.15, 0.2) is 36.4 Å². The summed E-state index contributed by atoms with van der Waals surface area (Å²) in [5, 5.41) is 20.4. The van der Waals surface area contributed by atoms with Gasteiger partial charge in [0.2, 0.25) is 35.4 Å². The molecular weight excluding hydrogens is 885 g/mol. The number of amides is 6. The summed E-state index contributed by atoms with van der Waals surface area (Å²) in [6.45, 7) is 6.88. The van der Waals surface area contributed by atoms with Crippen LogP contribution in [0.3, 0.4) is 0 Å². The van der Waals surface area contributed by atoms with E-state index < -0.39 is 72.3 Å². The Balaban J connectivity index is 1.70. The molecular formula is C52H80N6O11. The van der Waals surface area contributed by atoms with Gasteiger partial charge >= 0.3 is 5.97 Å². The van der Waals surface area contributed by atoms with Crippen LogP contribution in [-0.2, 0) is 44.7 Å². The third-order valence-corrected chi connectivity index (χ3v) is 12.7. The molecule has 0 fully saturated rings. The van der Waals surface area contributed by atoms with E-state index in [1.54, 1.807) is 43.4 Å². The number of hydrogen-bond donors (Lipinski definition) is 5. The average molecular weight is 965 g/mol. The number of carboxylic acids is 1. The second-order valence-corrected chi connectivity index (χ2v) is 18.1. The lowest BCUT2D eigenvalue weighted by Gasteiger charge is -2.30. The molecule has 0 spiro atoms. The molecule has 3 rings (SSSR count). The highest BCUT2D eigenvalue weighted by molar-refractivity contribution is 5.96. The summed E-state index contributed by atoms with van der Waals surface area (Å²) >= 11 is 0. The first-order valence-corrected chi connectivity index (χ1v) is 24.9. The van der Waals surface area contributed by atoms with Crippen LogP contribution >= 0.6 is 0 Å². The van der Waals surface area contributed by atoms with Gasteiger partial charge in [0.15, 0.2) is 0 Å². The van der Waals surface area contributed by atoms with Crippen LogP contribution in [0.25, 0.3) is 11.1 Å². The fraction of sp³-hybridized carbons (Fsp3) is 0.635. The Labute approximate surface area is 409 Å². The number of carbonyl (C=O) groups is 7. The minimum absolute atomic E-state index is 0.0561. The Morgan fingerprint density at radius 2 is 1.30 bits per heavy atom. The Morgan fingerprint density at radius 3 is 1.88 bits per heavy atom. The summed E-state index contributed by atoms with van der Waals surface area (Å²) in [6.07, 6.45) is 17.3. The van der Waals surface area contributed by atoms with Gasteiger partial charge in [-0.25, -0.2) is 4.79 Å². The molecule has 1 aliphatic heterocycles. The lowest BCUT2D eigenvalue weighted by Crippen LogP contribution is -2.55. The Hall–Kier alpha value is -5.71. The van der Waals surface area contributed by atoms with Crippen LogP contribution in [0, 0.1) is 0 Å². The maximum absolute atomic E-state index is 14.1. The highest BCUT2D eigenvalue weighted by Gasteiger charge is 2.34.